The molecule has 0 aromatic heterocycles. The van der Waals surface area contributed by atoms with Crippen molar-refractivity contribution in [3.8, 4) is 0 Å². The highest BCUT2D eigenvalue weighted by Gasteiger charge is 2.58. The molecule has 1 N–H and O–H groups in total. The van der Waals surface area contributed by atoms with Gasteiger partial charge in [0.2, 0.25) is 0 Å². The van der Waals surface area contributed by atoms with Crippen molar-refractivity contribution in [1.82, 2.24) is 9.80 Å². The number of hydrogen-bond acceptors (Lipinski definition) is 3. The topological polar surface area (TPSA) is 26.7 Å². The molecule has 1 aliphatic carbocycles. The molecular formula is C25H40N2O. The van der Waals surface area contributed by atoms with Crippen LogP contribution in [0.25, 0.3) is 0 Å². The van der Waals surface area contributed by atoms with Crippen LogP contribution in [0.5, 0.6) is 0 Å². The van der Waals surface area contributed by atoms with Crippen LogP contribution < -0.4 is 0 Å². The monoisotopic (exact) mass is 384 g/mol. The van der Waals surface area contributed by atoms with Gasteiger partial charge >= 0.3 is 0 Å². The maximum Gasteiger partial charge on any atom is 0.102 e. The predicted molar refractivity (Wildman–Crippen MR) is 117 cm³/mol. The Hall–Kier alpha value is -0.900. The van der Waals surface area contributed by atoms with Crippen molar-refractivity contribution >= 4 is 0 Å². The highest BCUT2D eigenvalue weighted by atomic mass is 16.3. The number of rotatable bonds is 4. The van der Waals surface area contributed by atoms with Crippen LogP contribution in [0.4, 0.5) is 0 Å². The normalized spacial score (nSPS) is 35.8. The second kappa shape index (κ2) is 8.45. The summed E-state index contributed by atoms with van der Waals surface area (Å²) in [6.45, 7) is 9.19. The van der Waals surface area contributed by atoms with Crippen LogP contribution in [0.2, 0.25) is 0 Å². The maximum atomic E-state index is 12.6. The fourth-order valence-corrected chi connectivity index (χ4v) is 6.43. The molecule has 3 unspecified atom stereocenters. The fraction of sp³-hybridized carbons (Fsp3) is 0.760. The van der Waals surface area contributed by atoms with Crippen LogP contribution in [0.3, 0.4) is 0 Å². The van der Waals surface area contributed by atoms with E-state index in [1.54, 1.807) is 0 Å². The quantitative estimate of drug-likeness (QED) is 0.825. The molecule has 3 aliphatic rings. The van der Waals surface area contributed by atoms with E-state index in [4.69, 9.17) is 0 Å². The Morgan fingerprint density at radius 1 is 0.964 bits per heavy atom. The second-order valence-electron chi connectivity index (χ2n) is 9.92. The maximum absolute atomic E-state index is 12.6. The van der Waals surface area contributed by atoms with Gasteiger partial charge < -0.3 is 5.11 Å². The molecular weight excluding hydrogens is 344 g/mol. The number of hydrogen-bond donors (Lipinski definition) is 1. The summed E-state index contributed by atoms with van der Waals surface area (Å²) in [7, 11) is 0. The van der Waals surface area contributed by atoms with Gasteiger partial charge in [-0.2, -0.15) is 0 Å². The summed E-state index contributed by atoms with van der Waals surface area (Å²) >= 11 is 0. The SMILES string of the molecule is Cc1cccc(CC2(O)C(N3CCCCC3)CCCC2(C)N2CCCCC2)c1. The largest absolute Gasteiger partial charge is 0.386 e. The zero-order valence-corrected chi connectivity index (χ0v) is 18.1. The first-order chi connectivity index (χ1) is 13.5. The Balaban J connectivity index is 1.70. The minimum atomic E-state index is -0.687. The molecule has 0 bridgehead atoms. The van der Waals surface area contributed by atoms with Crippen molar-refractivity contribution in [2.45, 2.75) is 95.2 Å². The van der Waals surface area contributed by atoms with Gasteiger partial charge in [-0.3, -0.25) is 9.80 Å². The number of piperidine rings is 2. The summed E-state index contributed by atoms with van der Waals surface area (Å²) in [5.74, 6) is 0. The molecule has 28 heavy (non-hydrogen) atoms. The van der Waals surface area contributed by atoms with E-state index < -0.39 is 5.60 Å². The summed E-state index contributed by atoms with van der Waals surface area (Å²) < 4.78 is 0. The zero-order valence-electron chi connectivity index (χ0n) is 18.1. The molecule has 1 aromatic carbocycles. The molecule has 0 radical (unpaired) electrons. The molecule has 2 heterocycles. The average Bonchev–Trinajstić information content (AvgIpc) is 2.71. The fourth-order valence-electron chi connectivity index (χ4n) is 6.43. The number of likely N-dealkylation sites (tertiary alicyclic amines) is 2. The van der Waals surface area contributed by atoms with Gasteiger partial charge in [-0.15, -0.1) is 0 Å². The van der Waals surface area contributed by atoms with E-state index in [1.807, 2.05) is 0 Å². The number of nitrogens with zero attached hydrogens (tertiary/aromatic N) is 2. The van der Waals surface area contributed by atoms with Gasteiger partial charge in [0.15, 0.2) is 0 Å². The van der Waals surface area contributed by atoms with Crippen LogP contribution in [0.15, 0.2) is 24.3 Å². The van der Waals surface area contributed by atoms with Gasteiger partial charge in [0.05, 0.1) is 0 Å². The summed E-state index contributed by atoms with van der Waals surface area (Å²) in [6, 6.07) is 9.12. The molecule has 1 aromatic rings. The molecule has 0 spiro atoms. The number of aryl methyl sites for hydroxylation is 1. The highest BCUT2D eigenvalue weighted by Crippen LogP contribution is 2.46. The van der Waals surface area contributed by atoms with E-state index in [0.717, 1.165) is 45.4 Å². The number of aliphatic hydroxyl groups is 1. The standard InChI is InChI=1S/C25H40N2O/c1-21-11-9-12-22(19-21)20-25(28)23(26-15-5-3-6-16-26)13-10-14-24(25,2)27-17-7-4-8-18-27/h9,11-12,19,23,28H,3-8,10,13-18,20H2,1-2H3. The smallest absolute Gasteiger partial charge is 0.102 e. The summed E-state index contributed by atoms with van der Waals surface area (Å²) in [4.78, 5) is 5.32. The lowest BCUT2D eigenvalue weighted by Gasteiger charge is -2.61. The highest BCUT2D eigenvalue weighted by molar-refractivity contribution is 5.27. The minimum absolute atomic E-state index is 0.127. The average molecular weight is 385 g/mol. The third-order valence-corrected chi connectivity index (χ3v) is 8.07. The van der Waals surface area contributed by atoms with Gasteiger partial charge in [-0.25, -0.2) is 0 Å². The zero-order chi connectivity index (χ0) is 19.6. The van der Waals surface area contributed by atoms with Crippen molar-refractivity contribution in [2.75, 3.05) is 26.2 Å². The van der Waals surface area contributed by atoms with Crippen molar-refractivity contribution in [2.24, 2.45) is 0 Å². The van der Waals surface area contributed by atoms with E-state index in [1.165, 1.54) is 56.1 Å². The van der Waals surface area contributed by atoms with Gasteiger partial charge in [0.1, 0.15) is 5.60 Å². The van der Waals surface area contributed by atoms with E-state index in [9.17, 15) is 5.11 Å². The van der Waals surface area contributed by atoms with Crippen molar-refractivity contribution in [3.63, 3.8) is 0 Å². The van der Waals surface area contributed by atoms with E-state index in [-0.39, 0.29) is 11.6 Å². The lowest BCUT2D eigenvalue weighted by Crippen LogP contribution is -2.73. The molecule has 4 rings (SSSR count). The Bertz CT molecular complexity index is 650. The first kappa shape index (κ1) is 20.4. The molecule has 2 saturated heterocycles. The molecule has 156 valence electrons. The van der Waals surface area contributed by atoms with Gasteiger partial charge in [-0.05, 0) is 90.5 Å². The van der Waals surface area contributed by atoms with Crippen molar-refractivity contribution < 1.29 is 5.11 Å². The van der Waals surface area contributed by atoms with Crippen LogP contribution in [-0.4, -0.2) is 58.3 Å². The summed E-state index contributed by atoms with van der Waals surface area (Å²) in [5, 5.41) is 12.6. The third-order valence-electron chi connectivity index (χ3n) is 8.07. The van der Waals surface area contributed by atoms with Gasteiger partial charge in [0.25, 0.3) is 0 Å². The van der Waals surface area contributed by atoms with Crippen LogP contribution in [-0.2, 0) is 6.42 Å². The predicted octanol–water partition coefficient (Wildman–Crippen LogP) is 4.55. The molecule has 3 atom stereocenters. The van der Waals surface area contributed by atoms with E-state index in [0.29, 0.717) is 0 Å². The van der Waals surface area contributed by atoms with Crippen LogP contribution in [0, 0.1) is 6.92 Å². The van der Waals surface area contributed by atoms with Crippen LogP contribution >= 0.6 is 0 Å². The summed E-state index contributed by atoms with van der Waals surface area (Å²) in [6.07, 6.45) is 12.1. The van der Waals surface area contributed by atoms with Gasteiger partial charge in [-0.1, -0.05) is 42.7 Å². The lowest BCUT2D eigenvalue weighted by atomic mass is 9.63. The lowest BCUT2D eigenvalue weighted by molar-refractivity contribution is -0.177. The molecule has 3 fully saturated rings. The van der Waals surface area contributed by atoms with Crippen LogP contribution in [0.1, 0.15) is 75.8 Å². The summed E-state index contributed by atoms with van der Waals surface area (Å²) in [5.41, 5.74) is 1.78. The first-order valence-corrected chi connectivity index (χ1v) is 11.8. The Labute approximate surface area is 172 Å². The minimum Gasteiger partial charge on any atom is -0.386 e. The Morgan fingerprint density at radius 2 is 1.64 bits per heavy atom. The molecule has 0 amide bonds. The number of benzene rings is 1. The van der Waals surface area contributed by atoms with E-state index >= 15 is 0 Å². The molecule has 3 nitrogen and oxygen atoms in total. The van der Waals surface area contributed by atoms with Gasteiger partial charge in [0, 0.05) is 18.0 Å². The molecule has 3 heteroatoms. The third kappa shape index (κ3) is 3.78. The second-order valence-corrected chi connectivity index (χ2v) is 9.92. The van der Waals surface area contributed by atoms with Crippen molar-refractivity contribution in [3.05, 3.63) is 35.4 Å². The Morgan fingerprint density at radius 3 is 2.32 bits per heavy atom. The first-order valence-electron chi connectivity index (χ1n) is 11.8. The van der Waals surface area contributed by atoms with Crippen molar-refractivity contribution in [1.29, 1.82) is 0 Å². The molecule has 1 saturated carbocycles. The molecule has 2 aliphatic heterocycles. The van der Waals surface area contributed by atoms with E-state index in [2.05, 4.69) is 47.9 Å². The Kier molecular flexibility index (Phi) is 6.15.